The van der Waals surface area contributed by atoms with Gasteiger partial charge in [0.1, 0.15) is 17.3 Å². The summed E-state index contributed by atoms with van der Waals surface area (Å²) in [6.07, 6.45) is 1.22. The van der Waals surface area contributed by atoms with Crippen LogP contribution in [0, 0.1) is 10.8 Å². The standard InChI is InChI=1S/C24H46O8/c1-18(28-20(26)30-32-24(10,11)17-22(5,6)7)14-12-13-15-27-19(25)29-31-23(8,9)16-21(2,3)4/h18H,12-17H2,1-11H3. The van der Waals surface area contributed by atoms with Crippen molar-refractivity contribution >= 4 is 12.3 Å². The van der Waals surface area contributed by atoms with Gasteiger partial charge in [-0.2, -0.15) is 9.78 Å². The molecule has 190 valence electrons. The van der Waals surface area contributed by atoms with Crippen LogP contribution in [0.5, 0.6) is 0 Å². The summed E-state index contributed by atoms with van der Waals surface area (Å²) >= 11 is 0. The van der Waals surface area contributed by atoms with E-state index >= 15 is 0 Å². The zero-order valence-electron chi connectivity index (χ0n) is 22.1. The van der Waals surface area contributed by atoms with Crippen LogP contribution in [0.25, 0.3) is 0 Å². The fourth-order valence-electron chi connectivity index (χ4n) is 3.86. The number of rotatable bonds is 12. The Hall–Kier alpha value is -1.54. The predicted molar refractivity (Wildman–Crippen MR) is 122 cm³/mol. The summed E-state index contributed by atoms with van der Waals surface area (Å²) < 4.78 is 10.2. The molecule has 0 saturated carbocycles. The quantitative estimate of drug-likeness (QED) is 0.131. The minimum Gasteiger partial charge on any atom is -0.432 e. The van der Waals surface area contributed by atoms with Gasteiger partial charge in [-0.25, -0.2) is 9.59 Å². The van der Waals surface area contributed by atoms with Crippen LogP contribution in [0.2, 0.25) is 0 Å². The summed E-state index contributed by atoms with van der Waals surface area (Å²) in [5.41, 5.74) is -1.15. The van der Waals surface area contributed by atoms with Crippen LogP contribution in [0.4, 0.5) is 9.59 Å². The molecule has 0 aromatic rings. The van der Waals surface area contributed by atoms with Crippen LogP contribution >= 0.6 is 0 Å². The Bertz CT molecular complexity index is 570. The van der Waals surface area contributed by atoms with E-state index in [1.54, 1.807) is 6.92 Å². The first-order valence-corrected chi connectivity index (χ1v) is 11.4. The Morgan fingerprint density at radius 1 is 0.688 bits per heavy atom. The second kappa shape index (κ2) is 12.6. The number of hydrogen-bond donors (Lipinski definition) is 0. The van der Waals surface area contributed by atoms with Gasteiger partial charge in [-0.1, -0.05) is 41.5 Å². The molecule has 0 spiro atoms. The Balaban J connectivity index is 3.98. The van der Waals surface area contributed by atoms with E-state index in [4.69, 9.17) is 29.0 Å². The van der Waals surface area contributed by atoms with Gasteiger partial charge in [-0.05, 0) is 77.6 Å². The molecule has 0 aliphatic rings. The van der Waals surface area contributed by atoms with Crippen molar-refractivity contribution in [2.75, 3.05) is 6.61 Å². The summed E-state index contributed by atoms with van der Waals surface area (Å²) in [5, 5.41) is 0. The summed E-state index contributed by atoms with van der Waals surface area (Å²) in [5.74, 6) is 0. The molecule has 1 atom stereocenters. The minimum atomic E-state index is -0.866. The van der Waals surface area contributed by atoms with Gasteiger partial charge in [0.05, 0.1) is 6.61 Å². The molecule has 0 N–H and O–H groups in total. The first kappa shape index (κ1) is 30.5. The fourth-order valence-corrected chi connectivity index (χ4v) is 3.86. The number of carbonyl (C=O) groups excluding carboxylic acids is 2. The molecular formula is C24H46O8. The summed E-state index contributed by atoms with van der Waals surface area (Å²) in [6, 6.07) is 0. The van der Waals surface area contributed by atoms with E-state index in [9.17, 15) is 9.59 Å². The Labute approximate surface area is 194 Å². The first-order chi connectivity index (χ1) is 14.3. The molecule has 0 aliphatic heterocycles. The molecular weight excluding hydrogens is 416 g/mol. The topological polar surface area (TPSA) is 89.5 Å². The second-order valence-corrected chi connectivity index (χ2v) is 12.1. The van der Waals surface area contributed by atoms with E-state index in [-0.39, 0.29) is 23.5 Å². The number of ether oxygens (including phenoxy) is 2. The molecule has 0 fully saturated rings. The molecule has 32 heavy (non-hydrogen) atoms. The third-order valence-corrected chi connectivity index (χ3v) is 4.11. The van der Waals surface area contributed by atoms with Gasteiger partial charge in [-0.3, -0.25) is 9.78 Å². The van der Waals surface area contributed by atoms with Crippen molar-refractivity contribution < 1.29 is 38.6 Å². The highest BCUT2D eigenvalue weighted by molar-refractivity contribution is 5.59. The monoisotopic (exact) mass is 462 g/mol. The van der Waals surface area contributed by atoms with Gasteiger partial charge in [0.2, 0.25) is 0 Å². The van der Waals surface area contributed by atoms with Gasteiger partial charge in [0.25, 0.3) is 0 Å². The van der Waals surface area contributed by atoms with Crippen LogP contribution < -0.4 is 0 Å². The summed E-state index contributed by atoms with van der Waals surface area (Å²) in [6.45, 7) is 21.9. The normalized spacial score (nSPS) is 14.0. The molecule has 1 unspecified atom stereocenters. The molecule has 8 heteroatoms. The van der Waals surface area contributed by atoms with Gasteiger partial charge in [0.15, 0.2) is 0 Å². The Morgan fingerprint density at radius 2 is 1.12 bits per heavy atom. The minimum absolute atomic E-state index is 0.0350. The smallest absolute Gasteiger partial charge is 0.432 e. The van der Waals surface area contributed by atoms with Crippen LogP contribution in [-0.4, -0.2) is 36.2 Å². The lowest BCUT2D eigenvalue weighted by atomic mass is 9.84. The summed E-state index contributed by atoms with van der Waals surface area (Å²) in [4.78, 5) is 43.5. The largest absolute Gasteiger partial charge is 0.540 e. The lowest BCUT2D eigenvalue weighted by molar-refractivity contribution is -0.324. The average Bonchev–Trinajstić information content (AvgIpc) is 2.54. The molecule has 0 rings (SSSR count). The van der Waals surface area contributed by atoms with E-state index in [2.05, 4.69) is 41.5 Å². The van der Waals surface area contributed by atoms with Crippen molar-refractivity contribution in [1.29, 1.82) is 0 Å². The molecule has 8 nitrogen and oxygen atoms in total. The van der Waals surface area contributed by atoms with E-state index in [0.29, 0.717) is 32.1 Å². The van der Waals surface area contributed by atoms with Crippen molar-refractivity contribution in [3.05, 3.63) is 0 Å². The molecule has 0 heterocycles. The lowest BCUT2D eigenvalue weighted by Crippen LogP contribution is -2.32. The molecule has 0 amide bonds. The SMILES string of the molecule is CC(CCCCOC(=O)OOC(C)(C)CC(C)(C)C)OC(=O)OOC(C)(C)CC(C)(C)C. The highest BCUT2D eigenvalue weighted by Crippen LogP contribution is 2.30. The Kier molecular flexibility index (Phi) is 12.0. The predicted octanol–water partition coefficient (Wildman–Crippen LogP) is 7.14. The van der Waals surface area contributed by atoms with E-state index in [1.165, 1.54) is 0 Å². The van der Waals surface area contributed by atoms with Gasteiger partial charge < -0.3 is 9.47 Å². The van der Waals surface area contributed by atoms with E-state index < -0.39 is 23.5 Å². The number of hydrogen-bond acceptors (Lipinski definition) is 8. The van der Waals surface area contributed by atoms with Crippen LogP contribution in [-0.2, 0) is 29.0 Å². The van der Waals surface area contributed by atoms with Gasteiger partial charge >= 0.3 is 12.3 Å². The van der Waals surface area contributed by atoms with Gasteiger partial charge in [0, 0.05) is 0 Å². The summed E-state index contributed by atoms with van der Waals surface area (Å²) in [7, 11) is 0. The molecule has 0 saturated heterocycles. The maximum atomic E-state index is 11.8. The molecule has 0 aromatic carbocycles. The van der Waals surface area contributed by atoms with Crippen molar-refractivity contribution in [1.82, 2.24) is 0 Å². The van der Waals surface area contributed by atoms with Gasteiger partial charge in [-0.15, -0.1) is 0 Å². The third-order valence-electron chi connectivity index (χ3n) is 4.11. The third kappa shape index (κ3) is 18.1. The fraction of sp³-hybridized carbons (Fsp3) is 0.917. The highest BCUT2D eigenvalue weighted by atomic mass is 17.2. The number of unbranched alkanes of at least 4 members (excludes halogenated alkanes) is 1. The first-order valence-electron chi connectivity index (χ1n) is 11.4. The second-order valence-electron chi connectivity index (χ2n) is 12.1. The van der Waals surface area contributed by atoms with Crippen molar-refractivity contribution in [2.45, 2.75) is 126 Å². The number of carbonyl (C=O) groups is 2. The maximum absolute atomic E-state index is 11.8. The molecule has 0 radical (unpaired) electrons. The lowest BCUT2D eigenvalue weighted by Gasteiger charge is -2.30. The van der Waals surface area contributed by atoms with E-state index in [0.717, 1.165) is 0 Å². The van der Waals surface area contributed by atoms with Crippen molar-refractivity contribution in [3.63, 3.8) is 0 Å². The Morgan fingerprint density at radius 3 is 1.56 bits per heavy atom. The molecule has 0 aromatic heterocycles. The maximum Gasteiger partial charge on any atom is 0.540 e. The van der Waals surface area contributed by atoms with Crippen LogP contribution in [0.1, 0.15) is 108 Å². The zero-order valence-corrected chi connectivity index (χ0v) is 22.1. The zero-order chi connectivity index (χ0) is 25.2. The van der Waals surface area contributed by atoms with Crippen molar-refractivity contribution in [2.24, 2.45) is 10.8 Å². The van der Waals surface area contributed by atoms with Crippen molar-refractivity contribution in [3.8, 4) is 0 Å². The van der Waals surface area contributed by atoms with E-state index in [1.807, 2.05) is 27.7 Å². The molecule has 0 bridgehead atoms. The highest BCUT2D eigenvalue weighted by Gasteiger charge is 2.30. The average molecular weight is 463 g/mol. The van der Waals surface area contributed by atoms with Crippen LogP contribution in [0.3, 0.4) is 0 Å². The van der Waals surface area contributed by atoms with Crippen LogP contribution in [0.15, 0.2) is 0 Å². The molecule has 0 aliphatic carbocycles.